The highest BCUT2D eigenvalue weighted by Crippen LogP contribution is 2.22. The van der Waals surface area contributed by atoms with E-state index in [2.05, 4.69) is 9.97 Å². The van der Waals surface area contributed by atoms with Crippen LogP contribution in [0, 0.1) is 16.0 Å². The maximum atomic E-state index is 10.8. The third-order valence-electron chi connectivity index (χ3n) is 3.08. The van der Waals surface area contributed by atoms with Crippen molar-refractivity contribution in [2.24, 2.45) is 5.92 Å². The molecule has 0 radical (unpaired) electrons. The van der Waals surface area contributed by atoms with Gasteiger partial charge < -0.3 is 5.11 Å². The van der Waals surface area contributed by atoms with Gasteiger partial charge in [-0.25, -0.2) is 9.97 Å². The van der Waals surface area contributed by atoms with E-state index >= 15 is 0 Å². The molecule has 1 atom stereocenters. The van der Waals surface area contributed by atoms with Crippen LogP contribution in [-0.2, 0) is 6.42 Å². The van der Waals surface area contributed by atoms with E-state index in [1.165, 1.54) is 18.5 Å². The first-order valence-corrected chi connectivity index (χ1v) is 6.53. The van der Waals surface area contributed by atoms with Crippen LogP contribution in [0.3, 0.4) is 0 Å². The number of non-ortho nitro benzene ring substituents is 1. The van der Waals surface area contributed by atoms with E-state index < -0.39 is 11.0 Å². The van der Waals surface area contributed by atoms with Crippen molar-refractivity contribution in [1.29, 1.82) is 0 Å². The highest BCUT2D eigenvalue weighted by atomic mass is 16.6. The highest BCUT2D eigenvalue weighted by molar-refractivity contribution is 5.83. The summed E-state index contributed by atoms with van der Waals surface area (Å²) in [6.45, 7) is 4.07. The van der Waals surface area contributed by atoms with Crippen molar-refractivity contribution in [3.8, 4) is 0 Å². The summed E-state index contributed by atoms with van der Waals surface area (Å²) in [4.78, 5) is 18.7. The third kappa shape index (κ3) is 3.27. The number of rotatable bonds is 5. The zero-order chi connectivity index (χ0) is 14.7. The summed E-state index contributed by atoms with van der Waals surface area (Å²) >= 11 is 0. The van der Waals surface area contributed by atoms with E-state index in [4.69, 9.17) is 0 Å². The van der Waals surface area contributed by atoms with Crippen molar-refractivity contribution in [2.75, 3.05) is 0 Å². The topological polar surface area (TPSA) is 89.2 Å². The molecule has 106 valence electrons. The van der Waals surface area contributed by atoms with Crippen LogP contribution in [0.2, 0.25) is 0 Å². The summed E-state index contributed by atoms with van der Waals surface area (Å²) in [6.07, 6.45) is 1.96. The molecule has 0 amide bonds. The summed E-state index contributed by atoms with van der Waals surface area (Å²) in [5.74, 6) is 0.382. The number of fused-ring (bicyclic) bond motifs is 1. The molecule has 1 unspecified atom stereocenters. The second-order valence-electron chi connectivity index (χ2n) is 5.27. The minimum Gasteiger partial charge on any atom is -0.393 e. The maximum Gasteiger partial charge on any atom is 0.270 e. The van der Waals surface area contributed by atoms with Crippen molar-refractivity contribution >= 4 is 16.6 Å². The van der Waals surface area contributed by atoms with Gasteiger partial charge in [-0.15, -0.1) is 0 Å². The number of hydrogen-bond donors (Lipinski definition) is 1. The Hall–Kier alpha value is -2.08. The van der Waals surface area contributed by atoms with Crippen molar-refractivity contribution in [3.63, 3.8) is 0 Å². The summed E-state index contributed by atoms with van der Waals surface area (Å²) in [7, 11) is 0. The molecule has 1 heterocycles. The third-order valence-corrected chi connectivity index (χ3v) is 3.08. The Morgan fingerprint density at radius 3 is 2.75 bits per heavy atom. The number of benzene rings is 1. The van der Waals surface area contributed by atoms with Gasteiger partial charge in [-0.05, 0) is 18.4 Å². The molecule has 1 N–H and O–H groups in total. The lowest BCUT2D eigenvalue weighted by Gasteiger charge is -2.13. The van der Waals surface area contributed by atoms with Crippen LogP contribution in [0.4, 0.5) is 5.69 Å². The lowest BCUT2D eigenvalue weighted by molar-refractivity contribution is -0.384. The Kier molecular flexibility index (Phi) is 4.24. The molecule has 0 saturated carbocycles. The van der Waals surface area contributed by atoms with Crippen molar-refractivity contribution in [3.05, 3.63) is 40.3 Å². The Labute approximate surface area is 116 Å². The monoisotopic (exact) mass is 275 g/mol. The van der Waals surface area contributed by atoms with Crippen molar-refractivity contribution < 1.29 is 10.0 Å². The zero-order valence-electron chi connectivity index (χ0n) is 11.5. The predicted molar refractivity (Wildman–Crippen MR) is 75.4 cm³/mol. The van der Waals surface area contributed by atoms with E-state index in [1.54, 1.807) is 6.07 Å². The van der Waals surface area contributed by atoms with Crippen LogP contribution in [0.1, 0.15) is 26.0 Å². The summed E-state index contributed by atoms with van der Waals surface area (Å²) in [6, 6.07) is 4.49. The molecule has 1 aromatic carbocycles. The van der Waals surface area contributed by atoms with E-state index in [1.807, 2.05) is 13.8 Å². The summed E-state index contributed by atoms with van der Waals surface area (Å²) in [5.41, 5.74) is 1.30. The minimum atomic E-state index is -0.507. The molecule has 20 heavy (non-hydrogen) atoms. The molecule has 0 aliphatic heterocycles. The van der Waals surface area contributed by atoms with Gasteiger partial charge in [0.05, 0.1) is 22.2 Å². The number of nitrogens with zero attached hydrogens (tertiary/aromatic N) is 3. The molecule has 6 nitrogen and oxygen atoms in total. The van der Waals surface area contributed by atoms with Gasteiger partial charge in [0.2, 0.25) is 0 Å². The van der Waals surface area contributed by atoms with Crippen LogP contribution in [0.15, 0.2) is 24.5 Å². The van der Waals surface area contributed by atoms with Crippen LogP contribution in [-0.4, -0.2) is 26.1 Å². The van der Waals surface area contributed by atoms with Crippen LogP contribution >= 0.6 is 0 Å². The Morgan fingerprint density at radius 2 is 2.10 bits per heavy atom. The number of aromatic nitrogens is 2. The number of nitro benzene ring substituents is 1. The number of aliphatic hydroxyl groups excluding tert-OH is 1. The van der Waals surface area contributed by atoms with Crippen LogP contribution in [0.25, 0.3) is 10.9 Å². The molecule has 0 aliphatic rings. The lowest BCUT2D eigenvalue weighted by atomic mass is 10.0. The fourth-order valence-electron chi connectivity index (χ4n) is 2.22. The standard InChI is InChI=1S/C14H17N3O3/c1-9(2)5-11(18)7-14-12-6-10(17(19)20)3-4-13(12)15-8-16-14/h3-4,6,8-9,11,18H,5,7H2,1-2H3. The quantitative estimate of drug-likeness (QED) is 0.668. The van der Waals surface area contributed by atoms with Gasteiger partial charge in [-0.2, -0.15) is 0 Å². The van der Waals surface area contributed by atoms with Gasteiger partial charge >= 0.3 is 0 Å². The summed E-state index contributed by atoms with van der Waals surface area (Å²) < 4.78 is 0. The zero-order valence-corrected chi connectivity index (χ0v) is 11.5. The normalized spacial score (nSPS) is 12.8. The summed E-state index contributed by atoms with van der Waals surface area (Å²) in [5, 5.41) is 21.5. The second kappa shape index (κ2) is 5.92. The highest BCUT2D eigenvalue weighted by Gasteiger charge is 2.14. The molecule has 0 spiro atoms. The lowest BCUT2D eigenvalue weighted by Crippen LogP contribution is -2.14. The molecule has 0 bridgehead atoms. The minimum absolute atomic E-state index is 0.00639. The van der Waals surface area contributed by atoms with Crippen LogP contribution < -0.4 is 0 Å². The predicted octanol–water partition coefficient (Wildman–Crippen LogP) is 2.49. The average molecular weight is 275 g/mol. The van der Waals surface area contributed by atoms with Gasteiger partial charge in [-0.1, -0.05) is 13.8 Å². The molecule has 0 saturated heterocycles. The van der Waals surface area contributed by atoms with Crippen molar-refractivity contribution in [1.82, 2.24) is 9.97 Å². The van der Waals surface area contributed by atoms with E-state index in [0.717, 1.165) is 0 Å². The van der Waals surface area contributed by atoms with E-state index in [0.29, 0.717) is 35.4 Å². The number of aliphatic hydroxyl groups is 1. The van der Waals surface area contributed by atoms with Crippen LogP contribution in [0.5, 0.6) is 0 Å². The number of hydrogen-bond acceptors (Lipinski definition) is 5. The molecular formula is C14H17N3O3. The fourth-order valence-corrected chi connectivity index (χ4v) is 2.22. The van der Waals surface area contributed by atoms with Gasteiger partial charge in [0.15, 0.2) is 0 Å². The number of nitro groups is 1. The first kappa shape index (κ1) is 14.3. The van der Waals surface area contributed by atoms with Gasteiger partial charge in [-0.3, -0.25) is 10.1 Å². The van der Waals surface area contributed by atoms with Gasteiger partial charge in [0.1, 0.15) is 6.33 Å². The average Bonchev–Trinajstić information content (AvgIpc) is 2.37. The molecule has 0 aliphatic carbocycles. The first-order valence-electron chi connectivity index (χ1n) is 6.53. The SMILES string of the molecule is CC(C)CC(O)Cc1ncnc2ccc([N+](=O)[O-])cc12. The molecular weight excluding hydrogens is 258 g/mol. The molecule has 2 aromatic rings. The maximum absolute atomic E-state index is 10.8. The molecule has 0 fully saturated rings. The largest absolute Gasteiger partial charge is 0.393 e. The smallest absolute Gasteiger partial charge is 0.270 e. The molecule has 1 aromatic heterocycles. The molecule has 6 heteroatoms. The Balaban J connectivity index is 2.37. The fraction of sp³-hybridized carbons (Fsp3) is 0.429. The molecule has 2 rings (SSSR count). The van der Waals surface area contributed by atoms with E-state index in [9.17, 15) is 15.2 Å². The van der Waals surface area contributed by atoms with Gasteiger partial charge in [0, 0.05) is 23.9 Å². The Bertz CT molecular complexity index is 628. The van der Waals surface area contributed by atoms with Gasteiger partial charge in [0.25, 0.3) is 5.69 Å². The second-order valence-corrected chi connectivity index (χ2v) is 5.27. The van der Waals surface area contributed by atoms with E-state index in [-0.39, 0.29) is 5.69 Å². The van der Waals surface area contributed by atoms with Crippen molar-refractivity contribution in [2.45, 2.75) is 32.8 Å². The first-order chi connectivity index (χ1) is 9.47. The Morgan fingerprint density at radius 1 is 1.35 bits per heavy atom.